The van der Waals surface area contributed by atoms with Crippen LogP contribution in [0.5, 0.6) is 0 Å². The maximum absolute atomic E-state index is 13.0. The van der Waals surface area contributed by atoms with Gasteiger partial charge in [0, 0.05) is 32.7 Å². The second-order valence-electron chi connectivity index (χ2n) is 5.56. The van der Waals surface area contributed by atoms with E-state index in [1.54, 1.807) is 0 Å². The molecular weight excluding hydrogens is 203 g/mol. The molecule has 0 bridgehead atoms. The largest absolute Gasteiger partial charge is 0.302 e. The molecule has 0 amide bonds. The van der Waals surface area contributed by atoms with Crippen molar-refractivity contribution in [2.75, 3.05) is 39.3 Å². The number of hydrogen-bond acceptors (Lipinski definition) is 2. The third kappa shape index (κ3) is 3.70. The highest BCUT2D eigenvalue weighted by Gasteiger charge is 2.20. The molecule has 1 unspecified atom stereocenters. The maximum Gasteiger partial charge on any atom is 0.103 e. The van der Waals surface area contributed by atoms with Gasteiger partial charge in [0.1, 0.15) is 6.17 Å². The van der Waals surface area contributed by atoms with Gasteiger partial charge in [-0.25, -0.2) is 4.39 Å². The minimum atomic E-state index is -0.536. The van der Waals surface area contributed by atoms with E-state index in [0.29, 0.717) is 0 Å². The van der Waals surface area contributed by atoms with Crippen molar-refractivity contribution >= 4 is 0 Å². The molecule has 0 aromatic carbocycles. The quantitative estimate of drug-likeness (QED) is 0.730. The standard InChI is InChI=1S/C13H25FN2/c1-12-3-2-6-16(11-12)10-9-15-7-4-13(14)5-8-15/h12-13H,2-11H2,1H3. The molecule has 0 aromatic rings. The minimum Gasteiger partial charge on any atom is -0.302 e. The van der Waals surface area contributed by atoms with Crippen molar-refractivity contribution in [3.63, 3.8) is 0 Å². The van der Waals surface area contributed by atoms with Gasteiger partial charge in [0.25, 0.3) is 0 Å². The van der Waals surface area contributed by atoms with Gasteiger partial charge in [-0.15, -0.1) is 0 Å². The van der Waals surface area contributed by atoms with Crippen LogP contribution < -0.4 is 0 Å². The van der Waals surface area contributed by atoms with Gasteiger partial charge in [-0.1, -0.05) is 6.92 Å². The van der Waals surface area contributed by atoms with Crippen LogP contribution in [-0.4, -0.2) is 55.2 Å². The molecule has 0 spiro atoms. The van der Waals surface area contributed by atoms with Crippen molar-refractivity contribution < 1.29 is 4.39 Å². The fourth-order valence-electron chi connectivity index (χ4n) is 2.90. The third-order valence-electron chi connectivity index (χ3n) is 3.99. The molecule has 2 nitrogen and oxygen atoms in total. The lowest BCUT2D eigenvalue weighted by molar-refractivity contribution is 0.118. The normalized spacial score (nSPS) is 30.8. The molecule has 2 rings (SSSR count). The Labute approximate surface area is 98.8 Å². The van der Waals surface area contributed by atoms with E-state index in [4.69, 9.17) is 0 Å². The Balaban J connectivity index is 1.63. The topological polar surface area (TPSA) is 6.48 Å². The van der Waals surface area contributed by atoms with Gasteiger partial charge in [-0.05, 0) is 38.1 Å². The molecule has 94 valence electrons. The number of piperidine rings is 2. The second kappa shape index (κ2) is 5.97. The lowest BCUT2D eigenvalue weighted by Crippen LogP contribution is -2.42. The molecule has 1 atom stereocenters. The average Bonchev–Trinajstić information content (AvgIpc) is 2.28. The Hall–Kier alpha value is -0.150. The molecular formula is C13H25FN2. The number of hydrogen-bond donors (Lipinski definition) is 0. The zero-order valence-corrected chi connectivity index (χ0v) is 10.5. The van der Waals surface area contributed by atoms with Gasteiger partial charge in [0.05, 0.1) is 0 Å². The fourth-order valence-corrected chi connectivity index (χ4v) is 2.90. The summed E-state index contributed by atoms with van der Waals surface area (Å²) in [7, 11) is 0. The van der Waals surface area contributed by atoms with Gasteiger partial charge < -0.3 is 9.80 Å². The summed E-state index contributed by atoms with van der Waals surface area (Å²) >= 11 is 0. The Bertz CT molecular complexity index is 202. The summed E-state index contributed by atoms with van der Waals surface area (Å²) in [6.07, 6.45) is 3.70. The summed E-state index contributed by atoms with van der Waals surface area (Å²) < 4.78 is 13.0. The van der Waals surface area contributed by atoms with E-state index in [2.05, 4.69) is 16.7 Å². The van der Waals surface area contributed by atoms with Crippen LogP contribution in [0.2, 0.25) is 0 Å². The van der Waals surface area contributed by atoms with Crippen molar-refractivity contribution in [2.45, 2.75) is 38.8 Å². The van der Waals surface area contributed by atoms with E-state index in [1.165, 1.54) is 32.5 Å². The summed E-state index contributed by atoms with van der Waals surface area (Å²) in [5.74, 6) is 0.866. The molecule has 0 saturated carbocycles. The van der Waals surface area contributed by atoms with E-state index >= 15 is 0 Å². The number of rotatable bonds is 3. The summed E-state index contributed by atoms with van der Waals surface area (Å²) in [5.41, 5.74) is 0. The highest BCUT2D eigenvalue weighted by Crippen LogP contribution is 2.16. The minimum absolute atomic E-state index is 0.536. The zero-order valence-electron chi connectivity index (χ0n) is 10.5. The van der Waals surface area contributed by atoms with Crippen LogP contribution in [0.15, 0.2) is 0 Å². The molecule has 2 heterocycles. The molecule has 0 aliphatic carbocycles. The van der Waals surface area contributed by atoms with Gasteiger partial charge in [0.2, 0.25) is 0 Å². The Morgan fingerprint density at radius 3 is 2.38 bits per heavy atom. The Morgan fingerprint density at radius 2 is 1.69 bits per heavy atom. The van der Waals surface area contributed by atoms with Crippen molar-refractivity contribution in [3.8, 4) is 0 Å². The Morgan fingerprint density at radius 1 is 1.00 bits per heavy atom. The smallest absolute Gasteiger partial charge is 0.103 e. The van der Waals surface area contributed by atoms with Crippen LogP contribution in [0.3, 0.4) is 0 Å². The van der Waals surface area contributed by atoms with Gasteiger partial charge >= 0.3 is 0 Å². The lowest BCUT2D eigenvalue weighted by Gasteiger charge is -2.34. The molecule has 16 heavy (non-hydrogen) atoms. The number of nitrogens with zero attached hydrogens (tertiary/aromatic N) is 2. The molecule has 3 heteroatoms. The maximum atomic E-state index is 13.0. The van der Waals surface area contributed by atoms with Crippen molar-refractivity contribution in [3.05, 3.63) is 0 Å². The van der Waals surface area contributed by atoms with E-state index in [-0.39, 0.29) is 0 Å². The Kier molecular flexibility index (Phi) is 4.59. The van der Waals surface area contributed by atoms with Crippen LogP contribution in [0.25, 0.3) is 0 Å². The third-order valence-corrected chi connectivity index (χ3v) is 3.99. The highest BCUT2D eigenvalue weighted by molar-refractivity contribution is 4.75. The van der Waals surface area contributed by atoms with E-state index in [1.807, 2.05) is 0 Å². The van der Waals surface area contributed by atoms with Crippen LogP contribution in [0, 0.1) is 5.92 Å². The van der Waals surface area contributed by atoms with Gasteiger partial charge in [-0.3, -0.25) is 0 Å². The molecule has 0 aromatic heterocycles. The first-order valence-corrected chi connectivity index (χ1v) is 6.83. The van der Waals surface area contributed by atoms with E-state index in [0.717, 1.165) is 38.4 Å². The number of halogens is 1. The van der Waals surface area contributed by atoms with Gasteiger partial charge in [0.15, 0.2) is 0 Å². The molecule has 2 aliphatic heterocycles. The SMILES string of the molecule is CC1CCCN(CCN2CCC(F)CC2)C1. The predicted molar refractivity (Wildman–Crippen MR) is 65.4 cm³/mol. The summed E-state index contributed by atoms with van der Waals surface area (Å²) in [6.45, 7) is 9.13. The molecule has 0 N–H and O–H groups in total. The first-order chi connectivity index (χ1) is 7.74. The second-order valence-corrected chi connectivity index (χ2v) is 5.56. The number of alkyl halides is 1. The molecule has 2 aliphatic rings. The monoisotopic (exact) mass is 228 g/mol. The van der Waals surface area contributed by atoms with Crippen LogP contribution in [-0.2, 0) is 0 Å². The first-order valence-electron chi connectivity index (χ1n) is 6.83. The highest BCUT2D eigenvalue weighted by atomic mass is 19.1. The predicted octanol–water partition coefficient (Wildman–Crippen LogP) is 2.15. The average molecular weight is 228 g/mol. The van der Waals surface area contributed by atoms with Crippen molar-refractivity contribution in [2.24, 2.45) is 5.92 Å². The number of likely N-dealkylation sites (tertiary alicyclic amines) is 2. The molecule has 2 fully saturated rings. The van der Waals surface area contributed by atoms with Crippen LogP contribution >= 0.6 is 0 Å². The van der Waals surface area contributed by atoms with Crippen molar-refractivity contribution in [1.29, 1.82) is 0 Å². The summed E-state index contributed by atoms with van der Waals surface area (Å²) in [5, 5.41) is 0. The van der Waals surface area contributed by atoms with E-state index < -0.39 is 6.17 Å². The first kappa shape index (κ1) is 12.3. The van der Waals surface area contributed by atoms with E-state index in [9.17, 15) is 4.39 Å². The van der Waals surface area contributed by atoms with Crippen LogP contribution in [0.1, 0.15) is 32.6 Å². The lowest BCUT2D eigenvalue weighted by atomic mass is 10.0. The zero-order chi connectivity index (χ0) is 11.4. The fraction of sp³-hybridized carbons (Fsp3) is 1.00. The van der Waals surface area contributed by atoms with Gasteiger partial charge in [-0.2, -0.15) is 0 Å². The summed E-state index contributed by atoms with van der Waals surface area (Å²) in [6, 6.07) is 0. The summed E-state index contributed by atoms with van der Waals surface area (Å²) in [4.78, 5) is 5.01. The molecule has 0 radical (unpaired) electrons. The molecule has 2 saturated heterocycles. The van der Waals surface area contributed by atoms with Crippen LogP contribution in [0.4, 0.5) is 4.39 Å². The van der Waals surface area contributed by atoms with Crippen molar-refractivity contribution in [1.82, 2.24) is 9.80 Å².